The van der Waals surface area contributed by atoms with E-state index in [9.17, 15) is 22.8 Å². The van der Waals surface area contributed by atoms with Crippen molar-refractivity contribution in [2.75, 3.05) is 36.5 Å². The van der Waals surface area contributed by atoms with Gasteiger partial charge < -0.3 is 19.9 Å². The molecule has 2 aliphatic heterocycles. The van der Waals surface area contributed by atoms with E-state index in [-0.39, 0.29) is 24.6 Å². The first-order chi connectivity index (χ1) is 17.8. The van der Waals surface area contributed by atoms with Crippen LogP contribution in [-0.4, -0.2) is 49.1 Å². The number of nitrogens with one attached hydrogen (secondary N) is 1. The molecule has 1 fully saturated rings. The molecule has 0 saturated carbocycles. The van der Waals surface area contributed by atoms with Crippen LogP contribution in [0.15, 0.2) is 72.8 Å². The number of hydrogen-bond acceptors (Lipinski definition) is 4. The van der Waals surface area contributed by atoms with Crippen molar-refractivity contribution in [3.05, 3.63) is 95.1 Å². The first kappa shape index (κ1) is 24.8. The smallest absolute Gasteiger partial charge is 0.378 e. The number of amides is 2. The molecular formula is C28H26F3N3O3. The summed E-state index contributed by atoms with van der Waals surface area (Å²) in [6.07, 6.45) is -4.31. The number of morpholine rings is 1. The maximum atomic E-state index is 13.7. The highest BCUT2D eigenvalue weighted by molar-refractivity contribution is 6.03. The lowest BCUT2D eigenvalue weighted by atomic mass is 9.92. The molecule has 0 radical (unpaired) electrons. The van der Waals surface area contributed by atoms with Crippen LogP contribution in [0, 0.1) is 0 Å². The summed E-state index contributed by atoms with van der Waals surface area (Å²) < 4.78 is 46.0. The number of carbonyl (C=O) groups is 2. The zero-order chi connectivity index (χ0) is 26.0. The molecule has 0 unspecified atom stereocenters. The Morgan fingerprint density at radius 2 is 1.57 bits per heavy atom. The van der Waals surface area contributed by atoms with Gasteiger partial charge in [0, 0.05) is 31.6 Å². The van der Waals surface area contributed by atoms with Crippen molar-refractivity contribution < 1.29 is 27.5 Å². The Bertz CT molecular complexity index is 1290. The Morgan fingerprint density at radius 3 is 2.27 bits per heavy atom. The molecule has 5 rings (SSSR count). The summed E-state index contributed by atoms with van der Waals surface area (Å²) in [7, 11) is 0. The van der Waals surface area contributed by atoms with E-state index in [1.165, 1.54) is 11.0 Å². The van der Waals surface area contributed by atoms with Crippen LogP contribution in [0.5, 0.6) is 0 Å². The molecular weight excluding hydrogens is 483 g/mol. The van der Waals surface area contributed by atoms with Crippen LogP contribution in [-0.2, 0) is 28.7 Å². The number of carbonyl (C=O) groups excluding carboxylic acids is 2. The predicted octanol–water partition coefficient (Wildman–Crippen LogP) is 4.75. The number of nitrogens with zero attached hydrogens (tertiary/aromatic N) is 2. The van der Waals surface area contributed by atoms with Crippen molar-refractivity contribution in [2.45, 2.75) is 25.2 Å². The Kier molecular flexibility index (Phi) is 6.88. The maximum Gasteiger partial charge on any atom is 0.416 e. The first-order valence-electron chi connectivity index (χ1n) is 12.1. The van der Waals surface area contributed by atoms with Crippen molar-refractivity contribution in [1.29, 1.82) is 0 Å². The fourth-order valence-corrected chi connectivity index (χ4v) is 4.83. The van der Waals surface area contributed by atoms with Gasteiger partial charge >= 0.3 is 6.18 Å². The number of hydrogen-bond donors (Lipinski definition) is 1. The lowest BCUT2D eigenvalue weighted by molar-refractivity contribution is -0.137. The molecule has 0 spiro atoms. The van der Waals surface area contributed by atoms with Crippen LogP contribution in [0.1, 0.15) is 27.0 Å². The number of halogens is 3. The highest BCUT2D eigenvalue weighted by Gasteiger charge is 2.36. The van der Waals surface area contributed by atoms with E-state index < -0.39 is 23.7 Å². The normalized spacial score (nSPS) is 17.8. The molecule has 1 saturated heterocycles. The lowest BCUT2D eigenvalue weighted by Gasteiger charge is -2.36. The van der Waals surface area contributed by atoms with Gasteiger partial charge in [-0.1, -0.05) is 42.5 Å². The summed E-state index contributed by atoms with van der Waals surface area (Å²) in [4.78, 5) is 30.5. The Hall–Kier alpha value is -3.85. The summed E-state index contributed by atoms with van der Waals surface area (Å²) in [5.41, 5.74) is 1.99. The van der Waals surface area contributed by atoms with Crippen LogP contribution < -0.4 is 10.2 Å². The quantitative estimate of drug-likeness (QED) is 0.552. The van der Waals surface area contributed by atoms with Gasteiger partial charge in [0.1, 0.15) is 6.04 Å². The minimum atomic E-state index is -4.57. The Morgan fingerprint density at radius 1 is 0.892 bits per heavy atom. The van der Waals surface area contributed by atoms with Gasteiger partial charge in [-0.05, 0) is 41.5 Å². The second-order valence-electron chi connectivity index (χ2n) is 9.11. The summed E-state index contributed by atoms with van der Waals surface area (Å²) in [6, 6.07) is 18.7. The van der Waals surface area contributed by atoms with Crippen LogP contribution in [0.2, 0.25) is 0 Å². The SMILES string of the molecule is O=C(Nc1cc(C(F)(F)F)ccc1N1CCOCC1)[C@H]1Cc2ccccc2CN1C(=O)c1ccccc1. The number of anilines is 2. The minimum absolute atomic E-state index is 0.0627. The van der Waals surface area contributed by atoms with Gasteiger partial charge in [0.15, 0.2) is 0 Å². The first-order valence-corrected chi connectivity index (χ1v) is 12.1. The summed E-state index contributed by atoms with van der Waals surface area (Å²) >= 11 is 0. The van der Waals surface area contributed by atoms with E-state index >= 15 is 0 Å². The van der Waals surface area contributed by atoms with Gasteiger partial charge in [-0.25, -0.2) is 0 Å². The fourth-order valence-electron chi connectivity index (χ4n) is 4.83. The number of rotatable bonds is 4. The van der Waals surface area contributed by atoms with Crippen molar-refractivity contribution in [3.8, 4) is 0 Å². The predicted molar refractivity (Wildman–Crippen MR) is 133 cm³/mol. The molecule has 0 bridgehead atoms. The summed E-state index contributed by atoms with van der Waals surface area (Å²) in [6.45, 7) is 2.08. The van der Waals surface area contributed by atoms with E-state index in [1.807, 2.05) is 29.2 Å². The third kappa shape index (κ3) is 5.32. The third-order valence-electron chi connectivity index (χ3n) is 6.77. The van der Waals surface area contributed by atoms with Crippen molar-refractivity contribution >= 4 is 23.2 Å². The number of ether oxygens (including phenoxy) is 1. The second kappa shape index (κ2) is 10.3. The highest BCUT2D eigenvalue weighted by Crippen LogP contribution is 2.36. The van der Waals surface area contributed by atoms with E-state index in [0.29, 0.717) is 37.6 Å². The molecule has 1 N–H and O–H groups in total. The minimum Gasteiger partial charge on any atom is -0.378 e. The number of alkyl halides is 3. The maximum absolute atomic E-state index is 13.7. The largest absolute Gasteiger partial charge is 0.416 e. The molecule has 2 amide bonds. The average molecular weight is 510 g/mol. The van der Waals surface area contributed by atoms with Gasteiger partial charge in [-0.2, -0.15) is 13.2 Å². The zero-order valence-electron chi connectivity index (χ0n) is 20.0. The van der Waals surface area contributed by atoms with Gasteiger partial charge in [0.2, 0.25) is 5.91 Å². The topological polar surface area (TPSA) is 61.9 Å². The van der Waals surface area contributed by atoms with Crippen molar-refractivity contribution in [1.82, 2.24) is 4.90 Å². The molecule has 9 heteroatoms. The molecule has 3 aromatic carbocycles. The standard InChI is InChI=1S/C28H26F3N3O3/c29-28(30,31)22-10-11-24(33-12-14-37-15-13-33)23(17-22)32-26(35)25-16-20-8-4-5-9-21(20)18-34(25)27(36)19-6-2-1-3-7-19/h1-11,17,25H,12-16,18H2,(H,32,35)/t25-/m1/s1. The van der Waals surface area contributed by atoms with E-state index in [4.69, 9.17) is 4.74 Å². The molecule has 0 aliphatic carbocycles. The van der Waals surface area contributed by atoms with Gasteiger partial charge in [0.25, 0.3) is 5.91 Å². The van der Waals surface area contributed by atoms with Crippen LogP contribution in [0.4, 0.5) is 24.5 Å². The number of fused-ring (bicyclic) bond motifs is 1. The molecule has 37 heavy (non-hydrogen) atoms. The van der Waals surface area contributed by atoms with Gasteiger partial charge in [0.05, 0.1) is 30.2 Å². The van der Waals surface area contributed by atoms with Crippen molar-refractivity contribution in [2.24, 2.45) is 0 Å². The highest BCUT2D eigenvalue weighted by atomic mass is 19.4. The molecule has 2 aliphatic rings. The second-order valence-corrected chi connectivity index (χ2v) is 9.11. The van der Waals surface area contributed by atoms with Gasteiger partial charge in [-0.3, -0.25) is 9.59 Å². The third-order valence-corrected chi connectivity index (χ3v) is 6.77. The molecule has 1 atom stereocenters. The van der Waals surface area contributed by atoms with E-state index in [0.717, 1.165) is 23.3 Å². The van der Waals surface area contributed by atoms with Crippen LogP contribution in [0.25, 0.3) is 0 Å². The summed E-state index contributed by atoms with van der Waals surface area (Å²) in [5, 5.41) is 2.74. The van der Waals surface area contributed by atoms with Gasteiger partial charge in [-0.15, -0.1) is 0 Å². The lowest BCUT2D eigenvalue weighted by Crippen LogP contribution is -2.50. The Balaban J connectivity index is 1.49. The van der Waals surface area contributed by atoms with Crippen molar-refractivity contribution in [3.63, 3.8) is 0 Å². The fraction of sp³-hybridized carbons (Fsp3) is 0.286. The van der Waals surface area contributed by atoms with Crippen LogP contribution >= 0.6 is 0 Å². The number of benzene rings is 3. The molecule has 192 valence electrons. The van der Waals surface area contributed by atoms with E-state index in [1.54, 1.807) is 30.3 Å². The molecule has 3 aromatic rings. The zero-order valence-corrected chi connectivity index (χ0v) is 20.0. The molecule has 0 aromatic heterocycles. The summed E-state index contributed by atoms with van der Waals surface area (Å²) in [5.74, 6) is -0.847. The molecule has 6 nitrogen and oxygen atoms in total. The van der Waals surface area contributed by atoms with Crippen LogP contribution in [0.3, 0.4) is 0 Å². The molecule has 2 heterocycles. The average Bonchev–Trinajstić information content (AvgIpc) is 2.92. The Labute approximate surface area is 212 Å². The van der Waals surface area contributed by atoms with E-state index in [2.05, 4.69) is 5.32 Å². The monoisotopic (exact) mass is 509 g/mol.